The van der Waals surface area contributed by atoms with Crippen LogP contribution in [-0.4, -0.2) is 41.5 Å². The number of hydrogen-bond acceptors (Lipinski definition) is 2. The van der Waals surface area contributed by atoms with Crippen LogP contribution in [0.5, 0.6) is 0 Å². The average molecular weight is 280 g/mol. The highest BCUT2D eigenvalue weighted by Crippen LogP contribution is 2.24. The molecule has 0 saturated carbocycles. The Balaban J connectivity index is 2.99. The van der Waals surface area contributed by atoms with E-state index in [0.29, 0.717) is 11.3 Å². The minimum absolute atomic E-state index is 0.168. The number of alkyl halides is 3. The molecule has 0 aromatic heterocycles. The second-order valence-electron chi connectivity index (χ2n) is 4.88. The molecule has 0 aromatic rings. The van der Waals surface area contributed by atoms with Gasteiger partial charge in [-0.15, -0.1) is 0 Å². The molecule has 7 heteroatoms. The second kappa shape index (κ2) is 5.79. The Morgan fingerprint density at radius 3 is 2.32 bits per heavy atom. The van der Waals surface area contributed by atoms with Crippen LogP contribution >= 0.6 is 0 Å². The third-order valence-electron chi connectivity index (χ3n) is 3.48. The zero-order valence-corrected chi connectivity index (χ0v) is 11.3. The van der Waals surface area contributed by atoms with Crippen molar-refractivity contribution in [3.8, 4) is 0 Å². The summed E-state index contributed by atoms with van der Waals surface area (Å²) in [5.41, 5.74) is 0. The van der Waals surface area contributed by atoms with E-state index in [2.05, 4.69) is 5.32 Å². The number of amides is 2. The first kappa shape index (κ1) is 15.8. The first-order valence-electron chi connectivity index (χ1n) is 6.38. The monoisotopic (exact) mass is 280 g/mol. The third-order valence-corrected chi connectivity index (χ3v) is 3.48. The maximum atomic E-state index is 12.5. The first-order valence-corrected chi connectivity index (χ1v) is 6.38. The summed E-state index contributed by atoms with van der Waals surface area (Å²) in [6.45, 7) is 3.78. The lowest BCUT2D eigenvalue weighted by atomic mass is 9.93. The molecule has 1 saturated heterocycles. The van der Waals surface area contributed by atoms with Crippen molar-refractivity contribution in [2.75, 3.05) is 6.54 Å². The number of carbonyl (C=O) groups excluding carboxylic acids is 2. The summed E-state index contributed by atoms with van der Waals surface area (Å²) >= 11 is 0. The number of piperazine rings is 1. The van der Waals surface area contributed by atoms with Gasteiger partial charge in [-0.3, -0.25) is 9.59 Å². The van der Waals surface area contributed by atoms with Crippen LogP contribution in [0.25, 0.3) is 0 Å². The summed E-state index contributed by atoms with van der Waals surface area (Å²) in [5, 5.41) is 2.54. The molecule has 19 heavy (non-hydrogen) atoms. The summed E-state index contributed by atoms with van der Waals surface area (Å²) in [5.74, 6) is -1.33. The largest absolute Gasteiger partial charge is 0.406 e. The fraction of sp³-hybridized carbons (Fsp3) is 0.833. The van der Waals surface area contributed by atoms with Crippen LogP contribution < -0.4 is 5.32 Å². The van der Waals surface area contributed by atoms with Crippen LogP contribution in [0.15, 0.2) is 0 Å². The highest BCUT2D eigenvalue weighted by atomic mass is 19.4. The number of carbonyl (C=O) groups is 2. The third kappa shape index (κ3) is 3.61. The highest BCUT2D eigenvalue weighted by Gasteiger charge is 2.45. The molecule has 110 valence electrons. The van der Waals surface area contributed by atoms with Crippen molar-refractivity contribution in [3.05, 3.63) is 0 Å². The Bertz CT molecular complexity index is 357. The van der Waals surface area contributed by atoms with Crippen LogP contribution in [0.2, 0.25) is 0 Å². The average Bonchev–Trinajstić information content (AvgIpc) is 2.31. The Morgan fingerprint density at radius 2 is 1.89 bits per heavy atom. The number of hydrogen-bond donors (Lipinski definition) is 1. The minimum Gasteiger partial charge on any atom is -0.342 e. The normalized spacial score (nSPS) is 26.3. The molecular weight excluding hydrogens is 261 g/mol. The van der Waals surface area contributed by atoms with E-state index >= 15 is 0 Å². The molecule has 1 heterocycles. The lowest BCUT2D eigenvalue weighted by Crippen LogP contribution is -2.66. The fourth-order valence-corrected chi connectivity index (χ4v) is 2.19. The molecule has 2 amide bonds. The van der Waals surface area contributed by atoms with E-state index in [9.17, 15) is 22.8 Å². The zero-order valence-electron chi connectivity index (χ0n) is 11.3. The molecule has 1 aliphatic rings. The maximum absolute atomic E-state index is 12.5. The van der Waals surface area contributed by atoms with Gasteiger partial charge in [0.1, 0.15) is 18.6 Å². The minimum atomic E-state index is -4.50. The summed E-state index contributed by atoms with van der Waals surface area (Å²) in [6, 6.07) is -1.89. The lowest BCUT2D eigenvalue weighted by molar-refractivity contribution is -0.175. The van der Waals surface area contributed by atoms with Crippen molar-refractivity contribution >= 4 is 11.8 Å². The van der Waals surface area contributed by atoms with E-state index in [-0.39, 0.29) is 12.3 Å². The number of halogens is 3. The molecule has 3 atom stereocenters. The summed E-state index contributed by atoms with van der Waals surface area (Å²) in [6.07, 6.45) is -3.73. The van der Waals surface area contributed by atoms with Gasteiger partial charge in [-0.25, -0.2) is 0 Å². The second-order valence-corrected chi connectivity index (χ2v) is 4.88. The zero-order chi connectivity index (χ0) is 14.8. The smallest absolute Gasteiger partial charge is 0.342 e. The van der Waals surface area contributed by atoms with Gasteiger partial charge in [-0.05, 0) is 12.3 Å². The van der Waals surface area contributed by atoms with Crippen LogP contribution in [0.3, 0.4) is 0 Å². The van der Waals surface area contributed by atoms with Gasteiger partial charge < -0.3 is 10.2 Å². The van der Waals surface area contributed by atoms with Crippen molar-refractivity contribution < 1.29 is 22.8 Å². The molecule has 0 spiro atoms. The van der Waals surface area contributed by atoms with Crippen LogP contribution in [0.1, 0.15) is 33.6 Å². The van der Waals surface area contributed by atoms with E-state index in [1.165, 1.54) is 0 Å². The van der Waals surface area contributed by atoms with E-state index in [4.69, 9.17) is 0 Å². The van der Waals surface area contributed by atoms with Gasteiger partial charge in [0.15, 0.2) is 0 Å². The van der Waals surface area contributed by atoms with Gasteiger partial charge in [0.05, 0.1) is 0 Å². The maximum Gasteiger partial charge on any atom is 0.406 e. The van der Waals surface area contributed by atoms with Gasteiger partial charge in [0, 0.05) is 0 Å². The summed E-state index contributed by atoms with van der Waals surface area (Å²) in [4.78, 5) is 24.6. The fourth-order valence-electron chi connectivity index (χ4n) is 2.19. The van der Waals surface area contributed by atoms with E-state index in [1.807, 2.05) is 6.92 Å². The topological polar surface area (TPSA) is 49.4 Å². The van der Waals surface area contributed by atoms with Crippen LogP contribution in [-0.2, 0) is 9.59 Å². The molecule has 3 unspecified atom stereocenters. The highest BCUT2D eigenvalue weighted by molar-refractivity contribution is 5.97. The number of nitrogens with one attached hydrogen (secondary N) is 1. The molecule has 0 bridgehead atoms. The number of nitrogens with zero attached hydrogens (tertiary/aromatic N) is 1. The van der Waals surface area contributed by atoms with Crippen molar-refractivity contribution in [2.45, 2.75) is 51.9 Å². The number of rotatable bonds is 4. The Morgan fingerprint density at radius 1 is 1.32 bits per heavy atom. The molecular formula is C12H19F3N2O2. The van der Waals surface area contributed by atoms with Gasteiger partial charge >= 0.3 is 6.18 Å². The van der Waals surface area contributed by atoms with Gasteiger partial charge in [-0.1, -0.05) is 27.2 Å². The van der Waals surface area contributed by atoms with Gasteiger partial charge in [0.25, 0.3) is 0 Å². The predicted molar refractivity (Wildman–Crippen MR) is 63.2 cm³/mol. The Hall–Kier alpha value is -1.27. The Kier molecular flexibility index (Phi) is 4.81. The quantitative estimate of drug-likeness (QED) is 0.852. The van der Waals surface area contributed by atoms with Crippen LogP contribution in [0.4, 0.5) is 13.2 Å². The van der Waals surface area contributed by atoms with E-state index in [0.717, 1.165) is 0 Å². The van der Waals surface area contributed by atoms with Gasteiger partial charge in [0.2, 0.25) is 11.8 Å². The van der Waals surface area contributed by atoms with E-state index in [1.54, 1.807) is 13.8 Å². The predicted octanol–water partition coefficient (Wildman–Crippen LogP) is 1.70. The first-order chi connectivity index (χ1) is 8.71. The molecule has 0 radical (unpaired) electrons. The standard InChI is InChI=1S/C12H19F3N2O2/c1-4-7(3)9-11(19)17(6-12(13,14)15)8(5-2)10(18)16-9/h7-9H,4-6H2,1-3H3,(H,16,18). The molecule has 0 aromatic carbocycles. The lowest BCUT2D eigenvalue weighted by Gasteiger charge is -2.40. The molecule has 1 aliphatic heterocycles. The Labute approximate surface area is 110 Å². The summed E-state index contributed by atoms with van der Waals surface area (Å²) < 4.78 is 37.6. The van der Waals surface area contributed by atoms with Crippen molar-refractivity contribution in [3.63, 3.8) is 0 Å². The van der Waals surface area contributed by atoms with Crippen molar-refractivity contribution in [1.29, 1.82) is 0 Å². The molecule has 1 rings (SSSR count). The van der Waals surface area contributed by atoms with Crippen molar-refractivity contribution in [1.82, 2.24) is 10.2 Å². The van der Waals surface area contributed by atoms with Crippen molar-refractivity contribution in [2.24, 2.45) is 5.92 Å². The molecule has 4 nitrogen and oxygen atoms in total. The SMILES string of the molecule is CCC(C)C1NC(=O)C(CC)N(CC(F)(F)F)C1=O. The molecule has 0 aliphatic carbocycles. The summed E-state index contributed by atoms with van der Waals surface area (Å²) in [7, 11) is 0. The molecule has 1 fully saturated rings. The van der Waals surface area contributed by atoms with Crippen LogP contribution in [0, 0.1) is 5.92 Å². The van der Waals surface area contributed by atoms with E-state index < -0.39 is 36.6 Å². The van der Waals surface area contributed by atoms with Gasteiger partial charge in [-0.2, -0.15) is 13.2 Å². The molecule has 1 N–H and O–H groups in total.